The maximum Gasteiger partial charge on any atom is 0.216 e. The monoisotopic (exact) mass is 388 g/mol. The molecule has 1 aromatic carbocycles. The second-order valence-corrected chi connectivity index (χ2v) is 7.43. The zero-order valence-electron chi connectivity index (χ0n) is 17.8. The third kappa shape index (κ3) is 6.18. The van der Waals surface area contributed by atoms with Crippen LogP contribution in [0.25, 0.3) is 0 Å². The van der Waals surface area contributed by atoms with E-state index in [-0.39, 0.29) is 5.41 Å². The first-order chi connectivity index (χ1) is 13.4. The molecule has 0 spiro atoms. The highest BCUT2D eigenvalue weighted by molar-refractivity contribution is 5.79. The Kier molecular flexibility index (Phi) is 7.72. The molecule has 2 rings (SSSR count). The standard InChI is InChI=1S/C21H32N4O3/c1-7-22-20(25-14-19-24-13-18(28-19)21(2,3)4)23-11-10-15-8-9-16(26-5)17(12-15)27-6/h8-9,12-13H,7,10-11,14H2,1-6H3,(H2,22,23,25). The van der Waals surface area contributed by atoms with Crippen molar-refractivity contribution < 1.29 is 13.9 Å². The number of nitrogens with zero attached hydrogens (tertiary/aromatic N) is 2. The van der Waals surface area contributed by atoms with Crippen molar-refractivity contribution >= 4 is 5.96 Å². The van der Waals surface area contributed by atoms with Crippen LogP contribution in [0.4, 0.5) is 0 Å². The highest BCUT2D eigenvalue weighted by atomic mass is 16.5. The fourth-order valence-electron chi connectivity index (χ4n) is 2.58. The predicted molar refractivity (Wildman–Crippen MR) is 111 cm³/mol. The molecule has 0 radical (unpaired) electrons. The summed E-state index contributed by atoms with van der Waals surface area (Å²) >= 11 is 0. The summed E-state index contributed by atoms with van der Waals surface area (Å²) < 4.78 is 16.4. The summed E-state index contributed by atoms with van der Waals surface area (Å²) in [6, 6.07) is 5.95. The Balaban J connectivity index is 1.93. The lowest BCUT2D eigenvalue weighted by molar-refractivity contribution is 0.354. The number of ether oxygens (including phenoxy) is 2. The maximum absolute atomic E-state index is 5.80. The average Bonchev–Trinajstić information content (AvgIpc) is 3.15. The number of nitrogens with one attached hydrogen (secondary N) is 2. The Morgan fingerprint density at radius 1 is 1.14 bits per heavy atom. The summed E-state index contributed by atoms with van der Waals surface area (Å²) in [5, 5.41) is 6.58. The van der Waals surface area contributed by atoms with Crippen molar-refractivity contribution in [1.82, 2.24) is 15.6 Å². The molecule has 0 unspecified atom stereocenters. The molecule has 0 atom stereocenters. The van der Waals surface area contributed by atoms with Crippen molar-refractivity contribution in [3.8, 4) is 11.5 Å². The number of benzene rings is 1. The molecule has 1 aromatic heterocycles. The van der Waals surface area contributed by atoms with E-state index in [2.05, 4.69) is 41.4 Å². The average molecular weight is 389 g/mol. The third-order valence-electron chi connectivity index (χ3n) is 4.16. The highest BCUT2D eigenvalue weighted by Crippen LogP contribution is 2.27. The van der Waals surface area contributed by atoms with E-state index < -0.39 is 0 Å². The smallest absolute Gasteiger partial charge is 0.216 e. The van der Waals surface area contributed by atoms with Crippen LogP contribution in [-0.2, 0) is 18.4 Å². The lowest BCUT2D eigenvalue weighted by Crippen LogP contribution is -2.38. The Hall–Kier alpha value is -2.70. The molecule has 0 bridgehead atoms. The lowest BCUT2D eigenvalue weighted by Gasteiger charge is -2.13. The van der Waals surface area contributed by atoms with E-state index >= 15 is 0 Å². The zero-order valence-corrected chi connectivity index (χ0v) is 17.8. The van der Waals surface area contributed by atoms with Crippen molar-refractivity contribution in [2.45, 2.75) is 46.1 Å². The van der Waals surface area contributed by atoms with Gasteiger partial charge in [0.15, 0.2) is 17.5 Å². The molecule has 0 aliphatic carbocycles. The summed E-state index contributed by atoms with van der Waals surface area (Å²) in [7, 11) is 3.28. The number of methoxy groups -OCH3 is 2. The molecule has 7 heteroatoms. The van der Waals surface area contributed by atoms with Gasteiger partial charge in [-0.05, 0) is 31.0 Å². The van der Waals surface area contributed by atoms with Crippen LogP contribution in [0.1, 0.15) is 44.9 Å². The van der Waals surface area contributed by atoms with Crippen LogP contribution >= 0.6 is 0 Å². The number of guanidine groups is 1. The quantitative estimate of drug-likeness (QED) is 0.534. The van der Waals surface area contributed by atoms with Gasteiger partial charge in [-0.25, -0.2) is 9.98 Å². The Morgan fingerprint density at radius 3 is 2.50 bits per heavy atom. The molecule has 7 nitrogen and oxygen atoms in total. The molecular weight excluding hydrogens is 356 g/mol. The molecule has 28 heavy (non-hydrogen) atoms. The van der Waals surface area contributed by atoms with Gasteiger partial charge in [0.25, 0.3) is 0 Å². The number of oxazole rings is 1. The van der Waals surface area contributed by atoms with E-state index in [4.69, 9.17) is 13.9 Å². The Labute approximate surface area is 167 Å². The minimum atomic E-state index is -0.0584. The maximum atomic E-state index is 5.80. The van der Waals surface area contributed by atoms with Crippen LogP contribution in [-0.4, -0.2) is 38.3 Å². The number of aliphatic imine (C=N–C) groups is 1. The van der Waals surface area contributed by atoms with Crippen LogP contribution in [0.3, 0.4) is 0 Å². The summed E-state index contributed by atoms with van der Waals surface area (Å²) in [6.07, 6.45) is 2.61. The molecule has 0 amide bonds. The molecule has 154 valence electrons. The summed E-state index contributed by atoms with van der Waals surface area (Å²) in [4.78, 5) is 8.89. The van der Waals surface area contributed by atoms with Crippen LogP contribution in [0, 0.1) is 0 Å². The van der Waals surface area contributed by atoms with Gasteiger partial charge in [0.2, 0.25) is 5.89 Å². The van der Waals surface area contributed by atoms with Gasteiger partial charge in [-0.15, -0.1) is 0 Å². The molecule has 0 aliphatic rings. The van der Waals surface area contributed by atoms with Gasteiger partial charge >= 0.3 is 0 Å². The van der Waals surface area contributed by atoms with Gasteiger partial charge in [0.1, 0.15) is 12.3 Å². The van der Waals surface area contributed by atoms with Gasteiger partial charge in [0, 0.05) is 18.5 Å². The fraction of sp³-hybridized carbons (Fsp3) is 0.524. The predicted octanol–water partition coefficient (Wildman–Crippen LogP) is 3.29. The molecular formula is C21H32N4O3. The summed E-state index contributed by atoms with van der Waals surface area (Å²) in [6.45, 7) is 10.2. The first-order valence-electron chi connectivity index (χ1n) is 9.55. The van der Waals surface area contributed by atoms with Gasteiger partial charge in [-0.2, -0.15) is 0 Å². The van der Waals surface area contributed by atoms with Crippen LogP contribution < -0.4 is 20.1 Å². The normalized spacial score (nSPS) is 12.0. The summed E-state index contributed by atoms with van der Waals surface area (Å²) in [5.74, 6) is 3.68. The van der Waals surface area contributed by atoms with Crippen LogP contribution in [0.2, 0.25) is 0 Å². The molecule has 1 heterocycles. The van der Waals surface area contributed by atoms with E-state index in [1.165, 1.54) is 0 Å². The van der Waals surface area contributed by atoms with Gasteiger partial charge in [0.05, 0.1) is 20.4 Å². The number of aromatic nitrogens is 1. The Morgan fingerprint density at radius 2 is 1.89 bits per heavy atom. The molecule has 2 N–H and O–H groups in total. The fourth-order valence-corrected chi connectivity index (χ4v) is 2.58. The number of rotatable bonds is 8. The molecule has 0 fully saturated rings. The van der Waals surface area contributed by atoms with Crippen LogP contribution in [0.5, 0.6) is 11.5 Å². The SMILES string of the molecule is CCNC(=NCc1ncc(C(C)(C)C)o1)NCCc1ccc(OC)c(OC)c1. The highest BCUT2D eigenvalue weighted by Gasteiger charge is 2.19. The zero-order chi connectivity index (χ0) is 20.6. The first kappa shape index (κ1) is 21.6. The van der Waals surface area contributed by atoms with Crippen molar-refractivity contribution in [1.29, 1.82) is 0 Å². The Bertz CT molecular complexity index is 778. The minimum absolute atomic E-state index is 0.0584. The van der Waals surface area contributed by atoms with Gasteiger partial charge < -0.3 is 24.5 Å². The van der Waals surface area contributed by atoms with E-state index in [1.807, 2.05) is 25.1 Å². The third-order valence-corrected chi connectivity index (χ3v) is 4.16. The number of hydrogen-bond acceptors (Lipinski definition) is 5. The number of hydrogen-bond donors (Lipinski definition) is 2. The first-order valence-corrected chi connectivity index (χ1v) is 9.55. The van der Waals surface area contributed by atoms with Crippen molar-refractivity contribution in [2.75, 3.05) is 27.3 Å². The van der Waals surface area contributed by atoms with E-state index in [0.29, 0.717) is 12.4 Å². The topological polar surface area (TPSA) is 80.9 Å². The second-order valence-electron chi connectivity index (χ2n) is 7.43. The largest absolute Gasteiger partial charge is 0.493 e. The summed E-state index contributed by atoms with van der Waals surface area (Å²) in [5.41, 5.74) is 1.10. The molecule has 2 aromatic rings. The van der Waals surface area contributed by atoms with Crippen molar-refractivity contribution in [2.24, 2.45) is 4.99 Å². The lowest BCUT2D eigenvalue weighted by atomic mass is 9.94. The van der Waals surface area contributed by atoms with Gasteiger partial charge in [-0.3, -0.25) is 0 Å². The van der Waals surface area contributed by atoms with Crippen molar-refractivity contribution in [3.63, 3.8) is 0 Å². The molecule has 0 saturated carbocycles. The molecule has 0 saturated heterocycles. The van der Waals surface area contributed by atoms with E-state index in [1.54, 1.807) is 20.4 Å². The van der Waals surface area contributed by atoms with Gasteiger partial charge in [-0.1, -0.05) is 26.8 Å². The second kappa shape index (κ2) is 10.0. The molecule has 0 aliphatic heterocycles. The minimum Gasteiger partial charge on any atom is -0.493 e. The van der Waals surface area contributed by atoms with E-state index in [9.17, 15) is 0 Å². The van der Waals surface area contributed by atoms with E-state index in [0.717, 1.165) is 48.3 Å². The van der Waals surface area contributed by atoms with Crippen LogP contribution in [0.15, 0.2) is 33.8 Å². The van der Waals surface area contributed by atoms with Crippen molar-refractivity contribution in [3.05, 3.63) is 41.6 Å².